The predicted octanol–water partition coefficient (Wildman–Crippen LogP) is 0.686. The van der Waals surface area contributed by atoms with Gasteiger partial charge in [-0.3, -0.25) is 15.0 Å². The number of urea groups is 1. The van der Waals surface area contributed by atoms with Crippen LogP contribution in [0.5, 0.6) is 0 Å². The van der Waals surface area contributed by atoms with Crippen molar-refractivity contribution in [3.63, 3.8) is 0 Å². The summed E-state index contributed by atoms with van der Waals surface area (Å²) in [5, 5.41) is 8.46. The van der Waals surface area contributed by atoms with Crippen LogP contribution in [0.3, 0.4) is 0 Å². The van der Waals surface area contributed by atoms with Gasteiger partial charge in [-0.15, -0.1) is 0 Å². The van der Waals surface area contributed by atoms with E-state index in [4.69, 9.17) is 0 Å². The predicted molar refractivity (Wildman–Crippen MR) is 82.0 cm³/mol. The minimum absolute atomic E-state index is 0.190. The fraction of sp³-hybridized carbons (Fsp3) is 0.867. The molecule has 1 saturated carbocycles. The lowest BCUT2D eigenvalue weighted by Gasteiger charge is -2.29. The van der Waals surface area contributed by atoms with E-state index < -0.39 is 0 Å². The first-order valence-electron chi connectivity index (χ1n) is 8.21. The summed E-state index contributed by atoms with van der Waals surface area (Å²) in [7, 11) is 0. The number of carbonyl (C=O) groups excluding carboxylic acids is 2. The Morgan fingerprint density at radius 2 is 1.90 bits per heavy atom. The van der Waals surface area contributed by atoms with Crippen molar-refractivity contribution in [2.45, 2.75) is 45.1 Å². The van der Waals surface area contributed by atoms with Gasteiger partial charge in [0.05, 0.1) is 6.54 Å². The van der Waals surface area contributed by atoms with Crippen molar-refractivity contribution in [2.24, 2.45) is 5.92 Å². The average molecular weight is 296 g/mol. The molecule has 3 amide bonds. The lowest BCUT2D eigenvalue weighted by atomic mass is 9.97. The van der Waals surface area contributed by atoms with Gasteiger partial charge < -0.3 is 10.6 Å². The van der Waals surface area contributed by atoms with Crippen LogP contribution >= 0.6 is 0 Å². The summed E-state index contributed by atoms with van der Waals surface area (Å²) >= 11 is 0. The van der Waals surface area contributed by atoms with Crippen LogP contribution in [0.25, 0.3) is 0 Å². The number of amides is 3. The highest BCUT2D eigenvalue weighted by Crippen LogP contribution is 2.28. The Labute approximate surface area is 127 Å². The van der Waals surface area contributed by atoms with Crippen LogP contribution in [0.15, 0.2) is 0 Å². The lowest BCUT2D eigenvalue weighted by molar-refractivity contribution is -0.121. The Hall–Kier alpha value is -1.14. The summed E-state index contributed by atoms with van der Waals surface area (Å²) in [5.41, 5.74) is 0. The van der Waals surface area contributed by atoms with Crippen LogP contribution in [0.2, 0.25) is 0 Å². The SMILES string of the molecule is CCCNC(=O)NC(=O)CN(CC1CCNCC1)C1CC1. The Bertz CT molecular complexity index is 352. The zero-order valence-electron chi connectivity index (χ0n) is 13.0. The Morgan fingerprint density at radius 3 is 2.52 bits per heavy atom. The summed E-state index contributed by atoms with van der Waals surface area (Å²) in [5.74, 6) is 0.484. The topological polar surface area (TPSA) is 73.5 Å². The van der Waals surface area contributed by atoms with Gasteiger partial charge in [-0.2, -0.15) is 0 Å². The van der Waals surface area contributed by atoms with E-state index in [1.807, 2.05) is 6.92 Å². The van der Waals surface area contributed by atoms with Crippen molar-refractivity contribution in [2.75, 3.05) is 32.7 Å². The van der Waals surface area contributed by atoms with Gasteiger partial charge in [-0.1, -0.05) is 6.92 Å². The third-order valence-corrected chi connectivity index (χ3v) is 4.15. The van der Waals surface area contributed by atoms with E-state index in [2.05, 4.69) is 20.9 Å². The molecule has 0 radical (unpaired) electrons. The van der Waals surface area contributed by atoms with Gasteiger partial charge >= 0.3 is 6.03 Å². The van der Waals surface area contributed by atoms with Crippen LogP contribution in [0.4, 0.5) is 4.79 Å². The molecule has 6 heteroatoms. The van der Waals surface area contributed by atoms with Crippen molar-refractivity contribution in [1.82, 2.24) is 20.9 Å². The molecule has 120 valence electrons. The maximum atomic E-state index is 12.0. The quantitative estimate of drug-likeness (QED) is 0.646. The molecular weight excluding hydrogens is 268 g/mol. The highest BCUT2D eigenvalue weighted by molar-refractivity contribution is 5.95. The second-order valence-corrected chi connectivity index (χ2v) is 6.16. The van der Waals surface area contributed by atoms with Gasteiger partial charge in [0, 0.05) is 19.1 Å². The third-order valence-electron chi connectivity index (χ3n) is 4.15. The van der Waals surface area contributed by atoms with E-state index in [-0.39, 0.29) is 11.9 Å². The molecule has 3 N–H and O–H groups in total. The fourth-order valence-corrected chi connectivity index (χ4v) is 2.81. The average Bonchev–Trinajstić information content (AvgIpc) is 3.30. The number of hydrogen-bond donors (Lipinski definition) is 3. The number of nitrogens with zero attached hydrogens (tertiary/aromatic N) is 1. The summed E-state index contributed by atoms with van der Waals surface area (Å²) in [6, 6.07) is 0.170. The largest absolute Gasteiger partial charge is 0.338 e. The van der Waals surface area contributed by atoms with Gasteiger partial charge in [0.25, 0.3) is 0 Å². The standard InChI is InChI=1S/C15H28N4O2/c1-2-7-17-15(21)18-14(20)11-19(13-3-4-13)10-12-5-8-16-9-6-12/h12-13,16H,2-11H2,1H3,(H2,17,18,20,21). The Kier molecular flexibility index (Phi) is 6.45. The second-order valence-electron chi connectivity index (χ2n) is 6.16. The molecule has 0 aromatic heterocycles. The zero-order chi connectivity index (χ0) is 15.1. The van der Waals surface area contributed by atoms with Crippen LogP contribution in [0, 0.1) is 5.92 Å². The first-order valence-corrected chi connectivity index (χ1v) is 8.21. The summed E-state index contributed by atoms with van der Waals surface area (Å²) < 4.78 is 0. The minimum Gasteiger partial charge on any atom is -0.338 e. The normalized spacial score (nSPS) is 19.5. The smallest absolute Gasteiger partial charge is 0.321 e. The molecular formula is C15H28N4O2. The lowest BCUT2D eigenvalue weighted by Crippen LogP contribution is -2.46. The van der Waals surface area contributed by atoms with Crippen LogP contribution in [-0.2, 0) is 4.79 Å². The van der Waals surface area contributed by atoms with E-state index in [0.29, 0.717) is 25.0 Å². The van der Waals surface area contributed by atoms with Crippen molar-refractivity contribution in [3.8, 4) is 0 Å². The Balaban J connectivity index is 1.73. The molecule has 2 fully saturated rings. The van der Waals surface area contributed by atoms with Gasteiger partial charge in [0.15, 0.2) is 0 Å². The van der Waals surface area contributed by atoms with Crippen LogP contribution in [-0.4, -0.2) is 55.6 Å². The molecule has 0 unspecified atom stereocenters. The van der Waals surface area contributed by atoms with Crippen molar-refractivity contribution in [3.05, 3.63) is 0 Å². The molecule has 2 aliphatic rings. The number of nitrogens with one attached hydrogen (secondary N) is 3. The van der Waals surface area contributed by atoms with Crippen molar-refractivity contribution < 1.29 is 9.59 Å². The van der Waals surface area contributed by atoms with E-state index in [1.54, 1.807) is 0 Å². The molecule has 0 spiro atoms. The number of carbonyl (C=O) groups is 2. The van der Waals surface area contributed by atoms with Gasteiger partial charge in [-0.25, -0.2) is 4.79 Å². The number of imide groups is 1. The molecule has 1 saturated heterocycles. The maximum Gasteiger partial charge on any atom is 0.321 e. The first-order chi connectivity index (χ1) is 10.2. The highest BCUT2D eigenvalue weighted by atomic mass is 16.2. The highest BCUT2D eigenvalue weighted by Gasteiger charge is 2.32. The maximum absolute atomic E-state index is 12.0. The third kappa shape index (κ3) is 6.01. The molecule has 0 atom stereocenters. The van der Waals surface area contributed by atoms with E-state index in [9.17, 15) is 9.59 Å². The summed E-state index contributed by atoms with van der Waals surface area (Å²) in [6.07, 6.45) is 5.59. The summed E-state index contributed by atoms with van der Waals surface area (Å²) in [4.78, 5) is 25.7. The molecule has 2 rings (SSSR count). The van der Waals surface area contributed by atoms with Crippen molar-refractivity contribution in [1.29, 1.82) is 0 Å². The molecule has 0 bridgehead atoms. The summed E-state index contributed by atoms with van der Waals surface area (Å²) in [6.45, 7) is 6.06. The fourth-order valence-electron chi connectivity index (χ4n) is 2.81. The number of hydrogen-bond acceptors (Lipinski definition) is 4. The molecule has 1 aliphatic heterocycles. The van der Waals surface area contributed by atoms with Crippen LogP contribution < -0.4 is 16.0 Å². The number of rotatable bonds is 7. The molecule has 21 heavy (non-hydrogen) atoms. The van der Waals surface area contributed by atoms with E-state index >= 15 is 0 Å². The second kappa shape index (κ2) is 8.34. The van der Waals surface area contributed by atoms with E-state index in [1.165, 1.54) is 25.7 Å². The minimum atomic E-state index is -0.375. The molecule has 1 aliphatic carbocycles. The van der Waals surface area contributed by atoms with Gasteiger partial charge in [0.2, 0.25) is 5.91 Å². The van der Waals surface area contributed by atoms with Gasteiger partial charge in [0.1, 0.15) is 0 Å². The molecule has 0 aromatic carbocycles. The zero-order valence-corrected chi connectivity index (χ0v) is 13.0. The molecule has 6 nitrogen and oxygen atoms in total. The van der Waals surface area contributed by atoms with Crippen molar-refractivity contribution >= 4 is 11.9 Å². The Morgan fingerprint density at radius 1 is 1.19 bits per heavy atom. The van der Waals surface area contributed by atoms with Crippen LogP contribution in [0.1, 0.15) is 39.0 Å². The molecule has 0 aromatic rings. The van der Waals surface area contributed by atoms with E-state index in [0.717, 1.165) is 26.1 Å². The monoisotopic (exact) mass is 296 g/mol. The molecule has 1 heterocycles. The van der Waals surface area contributed by atoms with Gasteiger partial charge in [-0.05, 0) is 51.1 Å². The first kappa shape index (κ1) is 16.2. The number of piperidine rings is 1.